The first-order valence-corrected chi connectivity index (χ1v) is 8.37. The molecule has 2 rings (SSSR count). The van der Waals surface area contributed by atoms with Crippen molar-refractivity contribution < 1.29 is 26.7 Å². The van der Waals surface area contributed by atoms with Crippen LogP contribution in [0, 0.1) is 5.92 Å². The third-order valence-corrected chi connectivity index (χ3v) is 4.45. The molecule has 1 aromatic rings. The molecule has 0 saturated heterocycles. The van der Waals surface area contributed by atoms with Gasteiger partial charge in [-0.25, -0.2) is 8.78 Å². The summed E-state index contributed by atoms with van der Waals surface area (Å²) in [5.41, 5.74) is -1.04. The number of amides is 1. The summed E-state index contributed by atoms with van der Waals surface area (Å²) < 4.78 is 63.1. The summed E-state index contributed by atoms with van der Waals surface area (Å²) in [5, 5.41) is 5.29. The molecule has 1 aliphatic carbocycles. The summed E-state index contributed by atoms with van der Waals surface area (Å²) in [6, 6.07) is 2.69. The Morgan fingerprint density at radius 1 is 1.29 bits per heavy atom. The molecule has 9 heteroatoms. The summed E-state index contributed by atoms with van der Waals surface area (Å²) in [6.45, 7) is 0.648. The highest BCUT2D eigenvalue weighted by Gasteiger charge is 2.31. The topological polar surface area (TPSA) is 41.1 Å². The number of benzene rings is 1. The Balaban J connectivity index is 2.05. The second-order valence-corrected chi connectivity index (χ2v) is 6.60. The highest BCUT2D eigenvalue weighted by atomic mass is 32.2. The molecule has 24 heavy (non-hydrogen) atoms. The minimum atomic E-state index is -4.57. The van der Waals surface area contributed by atoms with E-state index >= 15 is 0 Å². The maximum atomic E-state index is 12.8. The molecule has 1 saturated carbocycles. The van der Waals surface area contributed by atoms with Crippen LogP contribution in [-0.2, 0) is 11.0 Å². The number of hydrogen-bond donors (Lipinski definition) is 2. The van der Waals surface area contributed by atoms with Gasteiger partial charge in [-0.3, -0.25) is 4.79 Å². The number of rotatable bonds is 8. The predicted octanol–water partition coefficient (Wildman–Crippen LogP) is 4.00. The number of anilines is 1. The fraction of sp³-hybridized carbons (Fsp3) is 0.533. The van der Waals surface area contributed by atoms with Crippen molar-refractivity contribution in [1.82, 2.24) is 5.32 Å². The predicted molar refractivity (Wildman–Crippen MR) is 82.4 cm³/mol. The highest BCUT2D eigenvalue weighted by molar-refractivity contribution is 7.99. The lowest BCUT2D eigenvalue weighted by Crippen LogP contribution is -2.29. The largest absolute Gasteiger partial charge is 0.416 e. The Labute approximate surface area is 140 Å². The number of halogens is 5. The molecule has 0 bridgehead atoms. The van der Waals surface area contributed by atoms with Crippen LogP contribution in [0.15, 0.2) is 23.1 Å². The maximum absolute atomic E-state index is 12.8. The Morgan fingerprint density at radius 2 is 2.00 bits per heavy atom. The van der Waals surface area contributed by atoms with Crippen LogP contribution in [0.2, 0.25) is 0 Å². The van der Waals surface area contributed by atoms with Gasteiger partial charge in [0.25, 0.3) is 0 Å². The zero-order valence-electron chi connectivity index (χ0n) is 12.6. The van der Waals surface area contributed by atoms with Crippen molar-refractivity contribution in [3.8, 4) is 0 Å². The van der Waals surface area contributed by atoms with Crippen LogP contribution < -0.4 is 10.6 Å². The van der Waals surface area contributed by atoms with Gasteiger partial charge < -0.3 is 10.6 Å². The van der Waals surface area contributed by atoms with E-state index in [1.54, 1.807) is 0 Å². The summed E-state index contributed by atoms with van der Waals surface area (Å²) in [7, 11) is 0. The van der Waals surface area contributed by atoms with Gasteiger partial charge in [-0.05, 0) is 43.5 Å². The lowest BCUT2D eigenvalue weighted by Gasteiger charge is -2.14. The van der Waals surface area contributed by atoms with E-state index in [4.69, 9.17) is 0 Å². The fourth-order valence-corrected chi connectivity index (χ4v) is 2.72. The number of thioether (sulfide) groups is 1. The smallest absolute Gasteiger partial charge is 0.324 e. The average molecular weight is 368 g/mol. The van der Waals surface area contributed by atoms with E-state index in [2.05, 4.69) is 10.6 Å². The van der Waals surface area contributed by atoms with Crippen LogP contribution in [-0.4, -0.2) is 31.2 Å². The molecular formula is C15H17F5N2OS. The monoisotopic (exact) mass is 368 g/mol. The molecule has 0 radical (unpaired) electrons. The van der Waals surface area contributed by atoms with Gasteiger partial charge in [-0.2, -0.15) is 13.2 Å². The summed E-state index contributed by atoms with van der Waals surface area (Å²) in [4.78, 5) is 12.0. The first kappa shape index (κ1) is 19.0. The number of alkyl halides is 5. The standard InChI is InChI=1S/C15H17F5N2OS/c16-13(17)8-24-12-4-3-10(15(18,19)20)5-11(12)22-14(23)7-21-6-9-1-2-9/h3-5,9,13,21H,1-2,6-8H2,(H,22,23). The van der Waals surface area contributed by atoms with Gasteiger partial charge >= 0.3 is 6.18 Å². The minimum Gasteiger partial charge on any atom is -0.324 e. The van der Waals surface area contributed by atoms with E-state index in [0.717, 1.165) is 31.0 Å². The number of carbonyl (C=O) groups excluding carboxylic acids is 1. The van der Waals surface area contributed by atoms with Crippen molar-refractivity contribution in [3.63, 3.8) is 0 Å². The summed E-state index contributed by atoms with van der Waals surface area (Å²) >= 11 is 0.703. The van der Waals surface area contributed by atoms with Crippen molar-refractivity contribution in [2.75, 3.05) is 24.2 Å². The van der Waals surface area contributed by atoms with E-state index in [1.807, 2.05) is 0 Å². The van der Waals surface area contributed by atoms with Crippen molar-refractivity contribution in [1.29, 1.82) is 0 Å². The summed E-state index contributed by atoms with van der Waals surface area (Å²) in [6.07, 6.45) is -4.95. The van der Waals surface area contributed by atoms with Crippen LogP contribution >= 0.6 is 11.8 Å². The molecule has 0 aromatic heterocycles. The molecule has 0 atom stereocenters. The van der Waals surface area contributed by atoms with Crippen LogP contribution in [0.1, 0.15) is 18.4 Å². The molecule has 1 amide bonds. The minimum absolute atomic E-state index is 0.0360. The maximum Gasteiger partial charge on any atom is 0.416 e. The molecule has 3 nitrogen and oxygen atoms in total. The molecule has 1 aromatic carbocycles. The van der Waals surface area contributed by atoms with Crippen molar-refractivity contribution >= 4 is 23.4 Å². The lowest BCUT2D eigenvalue weighted by atomic mass is 10.2. The van der Waals surface area contributed by atoms with Crippen LogP contribution in [0.25, 0.3) is 0 Å². The fourth-order valence-electron chi connectivity index (χ4n) is 1.99. The number of hydrogen-bond acceptors (Lipinski definition) is 3. The molecule has 134 valence electrons. The molecule has 0 heterocycles. The molecule has 2 N–H and O–H groups in total. The molecule has 1 fully saturated rings. The second-order valence-electron chi connectivity index (χ2n) is 5.53. The zero-order valence-corrected chi connectivity index (χ0v) is 13.4. The van der Waals surface area contributed by atoms with Gasteiger partial charge in [-0.15, -0.1) is 11.8 Å². The number of carbonyl (C=O) groups is 1. The van der Waals surface area contributed by atoms with Gasteiger partial charge in [-0.1, -0.05) is 0 Å². The lowest BCUT2D eigenvalue weighted by molar-refractivity contribution is -0.137. The SMILES string of the molecule is O=C(CNCC1CC1)Nc1cc(C(F)(F)F)ccc1SCC(F)F. The third-order valence-electron chi connectivity index (χ3n) is 3.36. The van der Waals surface area contributed by atoms with Crippen molar-refractivity contribution in [2.24, 2.45) is 5.92 Å². The Bertz CT molecular complexity index is 575. The Kier molecular flexibility index (Phi) is 6.45. The third kappa shape index (κ3) is 6.27. The highest BCUT2D eigenvalue weighted by Crippen LogP contribution is 2.36. The van der Waals surface area contributed by atoms with Crippen molar-refractivity contribution in [2.45, 2.75) is 30.3 Å². The van der Waals surface area contributed by atoms with Gasteiger partial charge in [0.15, 0.2) is 0 Å². The Morgan fingerprint density at radius 3 is 2.58 bits per heavy atom. The second kappa shape index (κ2) is 8.15. The van der Waals surface area contributed by atoms with E-state index in [1.165, 1.54) is 0 Å². The first-order chi connectivity index (χ1) is 11.3. The molecule has 0 aliphatic heterocycles. The molecular weight excluding hydrogens is 351 g/mol. The quantitative estimate of drug-likeness (QED) is 0.538. The molecule has 0 spiro atoms. The average Bonchev–Trinajstić information content (AvgIpc) is 3.29. The van der Waals surface area contributed by atoms with Gasteiger partial charge in [0.05, 0.1) is 23.5 Å². The first-order valence-electron chi connectivity index (χ1n) is 7.38. The Hall–Kier alpha value is -1.35. The van der Waals surface area contributed by atoms with Crippen LogP contribution in [0.3, 0.4) is 0 Å². The van der Waals surface area contributed by atoms with E-state index < -0.39 is 29.8 Å². The van der Waals surface area contributed by atoms with Gasteiger partial charge in [0.2, 0.25) is 12.3 Å². The molecule has 0 unspecified atom stereocenters. The van der Waals surface area contributed by atoms with E-state index in [9.17, 15) is 26.7 Å². The molecule has 1 aliphatic rings. The van der Waals surface area contributed by atoms with Crippen LogP contribution in [0.5, 0.6) is 0 Å². The van der Waals surface area contributed by atoms with Gasteiger partial charge in [0.1, 0.15) is 0 Å². The number of nitrogens with one attached hydrogen (secondary N) is 2. The van der Waals surface area contributed by atoms with E-state index in [0.29, 0.717) is 24.2 Å². The normalized spacial score (nSPS) is 14.9. The zero-order chi connectivity index (χ0) is 17.7. The van der Waals surface area contributed by atoms with Gasteiger partial charge in [0, 0.05) is 4.90 Å². The van der Waals surface area contributed by atoms with Crippen molar-refractivity contribution in [3.05, 3.63) is 23.8 Å². The van der Waals surface area contributed by atoms with E-state index in [-0.39, 0.29) is 17.1 Å². The summed E-state index contributed by atoms with van der Waals surface area (Å²) in [5.74, 6) is -0.508. The van der Waals surface area contributed by atoms with Crippen LogP contribution in [0.4, 0.5) is 27.6 Å².